The fourth-order valence-corrected chi connectivity index (χ4v) is 3.02. The Bertz CT molecular complexity index is 1120. The van der Waals surface area contributed by atoms with Crippen molar-refractivity contribution in [3.63, 3.8) is 0 Å². The van der Waals surface area contributed by atoms with E-state index in [0.717, 1.165) is 11.1 Å². The average Bonchev–Trinajstić information content (AvgIpc) is 3.15. The molecule has 0 radical (unpaired) electrons. The van der Waals surface area contributed by atoms with E-state index in [4.69, 9.17) is 9.15 Å². The number of benzene rings is 2. The van der Waals surface area contributed by atoms with Crippen LogP contribution in [0.15, 0.2) is 65.3 Å². The minimum atomic E-state index is -0.218. The highest BCUT2D eigenvalue weighted by Gasteiger charge is 2.23. The van der Waals surface area contributed by atoms with Crippen molar-refractivity contribution in [3.8, 4) is 29.0 Å². The molecule has 4 aromatic rings. The molecule has 0 saturated carbocycles. The summed E-state index contributed by atoms with van der Waals surface area (Å²) in [4.78, 5) is 8.29. The summed E-state index contributed by atoms with van der Waals surface area (Å²) < 4.78 is 11.3. The van der Waals surface area contributed by atoms with Crippen molar-refractivity contribution in [1.82, 2.24) is 20.2 Å². The van der Waals surface area contributed by atoms with Crippen molar-refractivity contribution >= 4 is 0 Å². The maximum atomic E-state index is 9.52. The van der Waals surface area contributed by atoms with E-state index in [2.05, 4.69) is 34.0 Å². The zero-order chi connectivity index (χ0) is 20.4. The molecule has 0 amide bonds. The van der Waals surface area contributed by atoms with Crippen LogP contribution in [-0.2, 0) is 5.41 Å². The standard InChI is InChI=1S/C22H20N4O3/c1-14-25-26-21(28-14)19-12-20(24-13-23-19)29-18-10-6-16(7-11-18)22(2,3)15-4-8-17(27)9-5-15/h4-13,27H,1-3H3. The highest BCUT2D eigenvalue weighted by Crippen LogP contribution is 2.33. The summed E-state index contributed by atoms with van der Waals surface area (Å²) in [7, 11) is 0. The molecule has 146 valence electrons. The molecular weight excluding hydrogens is 368 g/mol. The Kier molecular flexibility index (Phi) is 4.72. The molecule has 0 fully saturated rings. The van der Waals surface area contributed by atoms with Gasteiger partial charge in [-0.1, -0.05) is 38.1 Å². The second-order valence-corrected chi connectivity index (χ2v) is 7.17. The number of phenolic OH excluding ortho intramolecular Hbond substituents is 1. The van der Waals surface area contributed by atoms with E-state index < -0.39 is 0 Å². The van der Waals surface area contributed by atoms with Gasteiger partial charge in [0, 0.05) is 18.4 Å². The van der Waals surface area contributed by atoms with Crippen LogP contribution in [0, 0.1) is 6.92 Å². The predicted octanol–water partition coefficient (Wildman–Crippen LogP) is 4.66. The van der Waals surface area contributed by atoms with E-state index >= 15 is 0 Å². The van der Waals surface area contributed by atoms with Gasteiger partial charge in [-0.15, -0.1) is 10.2 Å². The molecule has 29 heavy (non-hydrogen) atoms. The SMILES string of the molecule is Cc1nnc(-c2cc(Oc3ccc(C(C)(C)c4ccc(O)cc4)cc3)ncn2)o1. The van der Waals surface area contributed by atoms with Crippen LogP contribution in [0.4, 0.5) is 0 Å². The largest absolute Gasteiger partial charge is 0.508 e. The van der Waals surface area contributed by atoms with E-state index in [1.165, 1.54) is 6.33 Å². The van der Waals surface area contributed by atoms with Gasteiger partial charge in [0.05, 0.1) is 0 Å². The number of aryl methyl sites for hydroxylation is 1. The maximum absolute atomic E-state index is 9.52. The second kappa shape index (κ2) is 7.35. The summed E-state index contributed by atoms with van der Waals surface area (Å²) in [5.41, 5.74) is 2.52. The molecule has 0 atom stereocenters. The molecular formula is C22H20N4O3. The minimum Gasteiger partial charge on any atom is -0.508 e. The lowest BCUT2D eigenvalue weighted by Crippen LogP contribution is -2.18. The van der Waals surface area contributed by atoms with Crippen molar-refractivity contribution in [3.05, 3.63) is 77.9 Å². The number of aromatic nitrogens is 4. The fourth-order valence-electron chi connectivity index (χ4n) is 3.02. The molecule has 0 aliphatic carbocycles. The van der Waals surface area contributed by atoms with Gasteiger partial charge in [-0.05, 0) is 35.4 Å². The number of hydrogen-bond donors (Lipinski definition) is 1. The first-order valence-electron chi connectivity index (χ1n) is 9.12. The van der Waals surface area contributed by atoms with E-state index in [9.17, 15) is 5.11 Å². The van der Waals surface area contributed by atoms with E-state index in [-0.39, 0.29) is 11.2 Å². The minimum absolute atomic E-state index is 0.218. The first-order chi connectivity index (χ1) is 13.9. The second-order valence-electron chi connectivity index (χ2n) is 7.17. The predicted molar refractivity (Wildman–Crippen MR) is 107 cm³/mol. The van der Waals surface area contributed by atoms with Crippen molar-refractivity contribution < 1.29 is 14.3 Å². The van der Waals surface area contributed by atoms with Crippen molar-refractivity contribution in [2.45, 2.75) is 26.2 Å². The fraction of sp³-hybridized carbons (Fsp3) is 0.182. The Morgan fingerprint density at radius 1 is 0.897 bits per heavy atom. The summed E-state index contributed by atoms with van der Waals surface area (Å²) in [6.07, 6.45) is 1.40. The van der Waals surface area contributed by atoms with Gasteiger partial charge >= 0.3 is 0 Å². The van der Waals surface area contributed by atoms with E-state index in [1.807, 2.05) is 36.4 Å². The zero-order valence-corrected chi connectivity index (χ0v) is 16.3. The number of aromatic hydroxyl groups is 1. The third kappa shape index (κ3) is 3.94. The average molecular weight is 388 g/mol. The van der Waals surface area contributed by atoms with Gasteiger partial charge in [0.25, 0.3) is 5.89 Å². The summed E-state index contributed by atoms with van der Waals surface area (Å²) in [5.74, 6) is 2.08. The Labute approximate surface area is 168 Å². The number of phenols is 1. The van der Waals surface area contributed by atoms with E-state index in [1.54, 1.807) is 25.1 Å². The molecule has 7 nitrogen and oxygen atoms in total. The molecule has 7 heteroatoms. The zero-order valence-electron chi connectivity index (χ0n) is 16.3. The quantitative estimate of drug-likeness (QED) is 0.531. The van der Waals surface area contributed by atoms with Crippen LogP contribution >= 0.6 is 0 Å². The number of hydrogen-bond acceptors (Lipinski definition) is 7. The molecule has 2 heterocycles. The monoisotopic (exact) mass is 388 g/mol. The summed E-state index contributed by atoms with van der Waals surface area (Å²) in [6.45, 7) is 5.99. The molecule has 1 N–H and O–H groups in total. The van der Waals surface area contributed by atoms with Gasteiger partial charge in [-0.3, -0.25) is 0 Å². The third-order valence-corrected chi connectivity index (χ3v) is 4.77. The number of rotatable bonds is 5. The Morgan fingerprint density at radius 3 is 2.17 bits per heavy atom. The van der Waals surface area contributed by atoms with Crippen LogP contribution in [0.5, 0.6) is 17.4 Å². The molecule has 0 spiro atoms. The maximum Gasteiger partial charge on any atom is 0.266 e. The van der Waals surface area contributed by atoms with Gasteiger partial charge in [0.1, 0.15) is 23.5 Å². The normalized spacial score (nSPS) is 11.4. The molecule has 4 rings (SSSR count). The van der Waals surface area contributed by atoms with Crippen molar-refractivity contribution in [2.24, 2.45) is 0 Å². The van der Waals surface area contributed by atoms with Crippen LogP contribution in [0.1, 0.15) is 30.9 Å². The van der Waals surface area contributed by atoms with Gasteiger partial charge in [-0.2, -0.15) is 0 Å². The molecule has 2 aromatic carbocycles. The van der Waals surface area contributed by atoms with Crippen LogP contribution in [-0.4, -0.2) is 25.3 Å². The topological polar surface area (TPSA) is 94.2 Å². The van der Waals surface area contributed by atoms with Gasteiger partial charge in [-0.25, -0.2) is 9.97 Å². The van der Waals surface area contributed by atoms with Gasteiger partial charge in [0.2, 0.25) is 11.8 Å². The Morgan fingerprint density at radius 2 is 1.55 bits per heavy atom. The molecule has 0 aliphatic rings. The third-order valence-electron chi connectivity index (χ3n) is 4.77. The lowest BCUT2D eigenvalue weighted by atomic mass is 9.78. The summed E-state index contributed by atoms with van der Waals surface area (Å²) in [5, 5.41) is 17.3. The first kappa shape index (κ1) is 18.6. The Balaban J connectivity index is 1.53. The van der Waals surface area contributed by atoms with Gasteiger partial charge in [0.15, 0.2) is 0 Å². The highest BCUT2D eigenvalue weighted by atomic mass is 16.5. The number of ether oxygens (including phenoxy) is 1. The van der Waals surface area contributed by atoms with Crippen molar-refractivity contribution in [1.29, 1.82) is 0 Å². The summed E-state index contributed by atoms with van der Waals surface area (Å²) >= 11 is 0. The smallest absolute Gasteiger partial charge is 0.266 e. The van der Waals surface area contributed by atoms with Crippen LogP contribution in [0.25, 0.3) is 11.6 Å². The van der Waals surface area contributed by atoms with Crippen molar-refractivity contribution in [2.75, 3.05) is 0 Å². The molecule has 2 aromatic heterocycles. The summed E-state index contributed by atoms with van der Waals surface area (Å²) in [6, 6.07) is 16.8. The highest BCUT2D eigenvalue weighted by molar-refractivity contribution is 5.48. The molecule has 0 aliphatic heterocycles. The molecule has 0 bridgehead atoms. The molecule has 0 unspecified atom stereocenters. The Hall–Kier alpha value is -3.74. The first-order valence-corrected chi connectivity index (χ1v) is 9.12. The van der Waals surface area contributed by atoms with E-state index in [0.29, 0.717) is 29.1 Å². The number of nitrogens with zero attached hydrogens (tertiary/aromatic N) is 4. The van der Waals surface area contributed by atoms with Crippen LogP contribution < -0.4 is 4.74 Å². The molecule has 0 saturated heterocycles. The van der Waals surface area contributed by atoms with Crippen LogP contribution in [0.3, 0.4) is 0 Å². The lowest BCUT2D eigenvalue weighted by Gasteiger charge is -2.26. The van der Waals surface area contributed by atoms with Gasteiger partial charge < -0.3 is 14.3 Å². The lowest BCUT2D eigenvalue weighted by molar-refractivity contribution is 0.460. The van der Waals surface area contributed by atoms with Crippen LogP contribution in [0.2, 0.25) is 0 Å².